The van der Waals surface area contributed by atoms with Crippen LogP contribution < -0.4 is 5.32 Å². The number of carbonyl (C=O) groups is 2. The summed E-state index contributed by atoms with van der Waals surface area (Å²) >= 11 is 14.8. The molecule has 7 nitrogen and oxygen atoms in total. The van der Waals surface area contributed by atoms with E-state index in [4.69, 9.17) is 23.2 Å². The number of hydrogen-bond acceptors (Lipinski definition) is 7. The molecule has 182 valence electrons. The summed E-state index contributed by atoms with van der Waals surface area (Å²) in [5, 5.41) is 15.8. The lowest BCUT2D eigenvalue weighted by Gasteiger charge is -2.31. The molecule has 0 saturated carbocycles. The minimum Gasteiger partial charge on any atom is -0.505 e. The van der Waals surface area contributed by atoms with Gasteiger partial charge in [-0.3, -0.25) is 9.59 Å². The van der Waals surface area contributed by atoms with Gasteiger partial charge in [-0.25, -0.2) is 9.97 Å². The van der Waals surface area contributed by atoms with Crippen molar-refractivity contribution in [2.24, 2.45) is 0 Å². The average molecular weight is 550 g/mol. The number of nitrogens with zero attached hydrogens (tertiary/aromatic N) is 3. The predicted octanol–water partition coefficient (Wildman–Crippen LogP) is 6.10. The second kappa shape index (κ2) is 11.4. The molecule has 1 aromatic carbocycles. The maximum absolute atomic E-state index is 13.1. The number of benzene rings is 1. The number of likely N-dealkylation sites (tertiary alicyclic amines) is 1. The zero-order valence-corrected chi connectivity index (χ0v) is 21.7. The molecule has 1 fully saturated rings. The van der Waals surface area contributed by atoms with Gasteiger partial charge in [0.05, 0.1) is 20.6 Å². The number of aromatic hydroxyl groups is 1. The van der Waals surface area contributed by atoms with Crippen molar-refractivity contribution in [3.63, 3.8) is 0 Å². The first-order chi connectivity index (χ1) is 16.9. The van der Waals surface area contributed by atoms with Crippen LogP contribution in [0.25, 0.3) is 0 Å². The molecule has 3 aromatic rings. The number of hydrogen-bond donors (Lipinski definition) is 2. The summed E-state index contributed by atoms with van der Waals surface area (Å²) in [4.78, 5) is 36.5. The lowest BCUT2D eigenvalue weighted by atomic mass is 9.97. The second-order valence-electron chi connectivity index (χ2n) is 7.84. The molecule has 1 aliphatic rings. The number of aromatic nitrogens is 2. The monoisotopic (exact) mass is 548 g/mol. The Morgan fingerprint density at radius 1 is 1.29 bits per heavy atom. The van der Waals surface area contributed by atoms with E-state index in [0.29, 0.717) is 40.8 Å². The predicted molar refractivity (Wildman–Crippen MR) is 141 cm³/mol. The van der Waals surface area contributed by atoms with Gasteiger partial charge in [0.2, 0.25) is 0 Å². The van der Waals surface area contributed by atoms with E-state index in [2.05, 4.69) is 21.9 Å². The molecular weight excluding hydrogens is 527 g/mol. The molecule has 0 bridgehead atoms. The summed E-state index contributed by atoms with van der Waals surface area (Å²) in [5.41, 5.74) is 1.27. The average Bonchev–Trinajstić information content (AvgIpc) is 3.36. The van der Waals surface area contributed by atoms with E-state index in [1.807, 2.05) is 11.0 Å². The molecule has 0 spiro atoms. The Labute approximate surface area is 221 Å². The molecule has 2 N–H and O–H groups in total. The molecule has 1 aliphatic heterocycles. The zero-order valence-electron chi connectivity index (χ0n) is 18.5. The summed E-state index contributed by atoms with van der Waals surface area (Å²) in [6.07, 6.45) is 5.00. The van der Waals surface area contributed by atoms with Gasteiger partial charge in [0.25, 0.3) is 11.8 Å². The van der Waals surface area contributed by atoms with Crippen LogP contribution in [0.3, 0.4) is 0 Å². The molecule has 35 heavy (non-hydrogen) atoms. The van der Waals surface area contributed by atoms with E-state index >= 15 is 0 Å². The number of nitrogens with one attached hydrogen (secondary N) is 1. The fourth-order valence-corrected chi connectivity index (χ4v) is 5.90. The van der Waals surface area contributed by atoms with Crippen LogP contribution in [0.5, 0.6) is 5.75 Å². The number of thiazole rings is 1. The Morgan fingerprint density at radius 3 is 2.69 bits per heavy atom. The standard InChI is InChI=1S/C24H22Cl2N4O3S2/c1-2-10-34-23-16(4-3-7-27-23)24(33)30-8-5-14(6-9-30)22-29-19(13-35-22)21(32)28-15-11-17(25)20(31)18(26)12-15/h2-4,7,11-14,31H,1,5-6,8-10H2,(H,28,32). The number of thioether (sulfide) groups is 1. The van der Waals surface area contributed by atoms with Gasteiger partial charge < -0.3 is 15.3 Å². The fourth-order valence-electron chi connectivity index (χ4n) is 3.72. The summed E-state index contributed by atoms with van der Waals surface area (Å²) in [6.45, 7) is 4.94. The zero-order chi connectivity index (χ0) is 24.9. The number of halogens is 2. The molecule has 0 atom stereocenters. The number of amides is 2. The van der Waals surface area contributed by atoms with Gasteiger partial charge in [-0.05, 0) is 37.1 Å². The van der Waals surface area contributed by atoms with Crippen LogP contribution in [-0.2, 0) is 0 Å². The second-order valence-corrected chi connectivity index (χ2v) is 10.5. The smallest absolute Gasteiger partial charge is 0.275 e. The number of carbonyl (C=O) groups excluding carboxylic acids is 2. The molecule has 0 unspecified atom stereocenters. The first kappa shape index (κ1) is 25.5. The highest BCUT2D eigenvalue weighted by atomic mass is 35.5. The third-order valence-electron chi connectivity index (χ3n) is 5.50. The molecule has 0 radical (unpaired) electrons. The molecule has 0 aliphatic carbocycles. The van der Waals surface area contributed by atoms with Crippen LogP contribution >= 0.6 is 46.3 Å². The lowest BCUT2D eigenvalue weighted by Crippen LogP contribution is -2.38. The van der Waals surface area contributed by atoms with Crippen molar-refractivity contribution in [1.82, 2.24) is 14.9 Å². The summed E-state index contributed by atoms with van der Waals surface area (Å²) in [6, 6.07) is 6.43. The van der Waals surface area contributed by atoms with Crippen LogP contribution in [0.4, 0.5) is 5.69 Å². The number of rotatable bonds is 7. The number of phenols is 1. The van der Waals surface area contributed by atoms with Gasteiger partial charge in [-0.15, -0.1) is 29.7 Å². The largest absolute Gasteiger partial charge is 0.505 e. The Kier molecular flexibility index (Phi) is 8.33. The molecule has 4 rings (SSSR count). The topological polar surface area (TPSA) is 95.4 Å². The highest BCUT2D eigenvalue weighted by molar-refractivity contribution is 7.99. The van der Waals surface area contributed by atoms with Gasteiger partial charge >= 0.3 is 0 Å². The molecule has 2 amide bonds. The summed E-state index contributed by atoms with van der Waals surface area (Å²) in [5.74, 6) is 0.216. The van der Waals surface area contributed by atoms with E-state index in [0.717, 1.165) is 17.8 Å². The quantitative estimate of drug-likeness (QED) is 0.210. The minimum absolute atomic E-state index is 0.0199. The van der Waals surface area contributed by atoms with E-state index in [1.54, 1.807) is 23.7 Å². The summed E-state index contributed by atoms with van der Waals surface area (Å²) < 4.78 is 0. The summed E-state index contributed by atoms with van der Waals surface area (Å²) in [7, 11) is 0. The molecule has 2 aromatic heterocycles. The highest BCUT2D eigenvalue weighted by Crippen LogP contribution is 2.35. The Hall–Kier alpha value is -2.59. The van der Waals surface area contributed by atoms with Gasteiger partial charge in [0, 0.05) is 42.0 Å². The normalized spacial score (nSPS) is 14.1. The lowest BCUT2D eigenvalue weighted by molar-refractivity contribution is 0.0708. The van der Waals surface area contributed by atoms with Crippen LogP contribution in [0.15, 0.2) is 53.5 Å². The molecule has 1 saturated heterocycles. The van der Waals surface area contributed by atoms with Gasteiger partial charge in [-0.2, -0.15) is 0 Å². The van der Waals surface area contributed by atoms with Gasteiger partial charge in [0.1, 0.15) is 10.7 Å². The van der Waals surface area contributed by atoms with Crippen molar-refractivity contribution < 1.29 is 14.7 Å². The van der Waals surface area contributed by atoms with E-state index in [9.17, 15) is 14.7 Å². The maximum Gasteiger partial charge on any atom is 0.275 e. The van der Waals surface area contributed by atoms with E-state index in [-0.39, 0.29) is 33.5 Å². The van der Waals surface area contributed by atoms with Crippen molar-refractivity contribution in [2.45, 2.75) is 23.8 Å². The van der Waals surface area contributed by atoms with Crippen LogP contribution in [0.1, 0.15) is 44.6 Å². The van der Waals surface area contributed by atoms with Gasteiger partial charge in [-0.1, -0.05) is 29.3 Å². The van der Waals surface area contributed by atoms with E-state index in [1.165, 1.54) is 35.2 Å². The molecule has 11 heteroatoms. The van der Waals surface area contributed by atoms with Crippen molar-refractivity contribution in [3.05, 3.63) is 74.8 Å². The van der Waals surface area contributed by atoms with Crippen molar-refractivity contribution in [1.29, 1.82) is 0 Å². The van der Waals surface area contributed by atoms with E-state index < -0.39 is 0 Å². The third-order valence-corrected chi connectivity index (χ3v) is 8.08. The van der Waals surface area contributed by atoms with Crippen molar-refractivity contribution in [2.75, 3.05) is 24.2 Å². The van der Waals surface area contributed by atoms with Crippen LogP contribution in [-0.4, -0.2) is 50.6 Å². The van der Waals surface area contributed by atoms with Gasteiger partial charge in [0.15, 0.2) is 5.75 Å². The highest BCUT2D eigenvalue weighted by Gasteiger charge is 2.28. The van der Waals surface area contributed by atoms with Crippen LogP contribution in [0.2, 0.25) is 10.0 Å². The fraction of sp³-hybridized carbons (Fsp3) is 0.250. The first-order valence-corrected chi connectivity index (χ1v) is 13.4. The number of phenolic OH excluding ortho intramolecular Hbond substituents is 1. The number of pyridine rings is 1. The Morgan fingerprint density at radius 2 is 2.00 bits per heavy atom. The minimum atomic E-state index is -0.390. The van der Waals surface area contributed by atoms with Crippen molar-refractivity contribution >= 4 is 63.8 Å². The Bertz CT molecular complexity index is 1240. The van der Waals surface area contributed by atoms with Crippen LogP contribution in [0, 0.1) is 0 Å². The Balaban J connectivity index is 1.37. The number of anilines is 1. The first-order valence-electron chi connectivity index (χ1n) is 10.8. The number of piperidine rings is 1. The molecule has 3 heterocycles. The maximum atomic E-state index is 13.1. The van der Waals surface area contributed by atoms with Crippen molar-refractivity contribution in [3.8, 4) is 5.75 Å². The SMILES string of the molecule is C=CCSc1ncccc1C(=O)N1CCC(c2nc(C(=O)Nc3cc(Cl)c(O)c(Cl)c3)cs2)CC1. The third kappa shape index (κ3) is 5.98. The molecular formula is C24H22Cl2N4O3S2.